The minimum Gasteiger partial charge on any atom is -0.248 e. The Labute approximate surface area is 75.7 Å². The SMILES string of the molecule is Cc1cc(C(F)(F)F)cnc1Br. The molecule has 0 amide bonds. The molecule has 1 aromatic rings. The van der Waals surface area contributed by atoms with Crippen LogP contribution in [0, 0.1) is 6.92 Å². The molecule has 0 radical (unpaired) electrons. The van der Waals surface area contributed by atoms with Gasteiger partial charge in [-0.1, -0.05) is 0 Å². The zero-order chi connectivity index (χ0) is 9.35. The molecule has 5 heteroatoms. The quantitative estimate of drug-likeness (QED) is 0.634. The molecule has 1 nitrogen and oxygen atoms in total. The van der Waals surface area contributed by atoms with Crippen molar-refractivity contribution in [2.24, 2.45) is 0 Å². The number of nitrogens with zero attached hydrogens (tertiary/aromatic N) is 1. The Morgan fingerprint density at radius 1 is 1.42 bits per heavy atom. The summed E-state index contributed by atoms with van der Waals surface area (Å²) in [6.07, 6.45) is -3.50. The van der Waals surface area contributed by atoms with Crippen LogP contribution in [0.15, 0.2) is 16.9 Å². The van der Waals surface area contributed by atoms with Crippen LogP contribution >= 0.6 is 15.9 Å². The van der Waals surface area contributed by atoms with E-state index in [2.05, 4.69) is 20.9 Å². The average molecular weight is 240 g/mol. The van der Waals surface area contributed by atoms with Crippen molar-refractivity contribution in [2.45, 2.75) is 13.1 Å². The number of hydrogen-bond acceptors (Lipinski definition) is 1. The summed E-state index contributed by atoms with van der Waals surface area (Å²) in [5, 5.41) is 0. The summed E-state index contributed by atoms with van der Waals surface area (Å²) in [7, 11) is 0. The number of halogens is 4. The van der Waals surface area contributed by atoms with Gasteiger partial charge in [-0.2, -0.15) is 13.2 Å². The zero-order valence-electron chi connectivity index (χ0n) is 6.11. The Morgan fingerprint density at radius 3 is 2.42 bits per heavy atom. The van der Waals surface area contributed by atoms with Gasteiger partial charge >= 0.3 is 6.18 Å². The molecular formula is C7H5BrF3N. The van der Waals surface area contributed by atoms with Gasteiger partial charge in [0, 0.05) is 6.20 Å². The maximum absolute atomic E-state index is 12.0. The monoisotopic (exact) mass is 239 g/mol. The van der Waals surface area contributed by atoms with Crippen LogP contribution < -0.4 is 0 Å². The van der Waals surface area contributed by atoms with Crippen molar-refractivity contribution in [1.82, 2.24) is 4.98 Å². The molecule has 0 bridgehead atoms. The molecule has 0 spiro atoms. The number of pyridine rings is 1. The minimum atomic E-state index is -4.31. The van der Waals surface area contributed by atoms with Gasteiger partial charge in [0.1, 0.15) is 4.60 Å². The number of rotatable bonds is 0. The largest absolute Gasteiger partial charge is 0.417 e. The summed E-state index contributed by atoms with van der Waals surface area (Å²) < 4.78 is 36.6. The molecule has 1 heterocycles. The van der Waals surface area contributed by atoms with E-state index < -0.39 is 11.7 Å². The molecule has 0 saturated carbocycles. The molecule has 0 N–H and O–H groups in total. The van der Waals surface area contributed by atoms with Gasteiger partial charge in [-0.05, 0) is 34.5 Å². The summed E-state index contributed by atoms with van der Waals surface area (Å²) in [4.78, 5) is 3.54. The van der Waals surface area contributed by atoms with Gasteiger partial charge in [0.15, 0.2) is 0 Å². The van der Waals surface area contributed by atoms with Crippen LogP contribution in [0.3, 0.4) is 0 Å². The van der Waals surface area contributed by atoms with E-state index in [4.69, 9.17) is 0 Å². The zero-order valence-corrected chi connectivity index (χ0v) is 7.70. The van der Waals surface area contributed by atoms with E-state index in [1.807, 2.05) is 0 Å². The fourth-order valence-electron chi connectivity index (χ4n) is 0.713. The first-order valence-electron chi connectivity index (χ1n) is 3.10. The van der Waals surface area contributed by atoms with Crippen LogP contribution in [0.2, 0.25) is 0 Å². The molecule has 0 aliphatic rings. The first-order valence-corrected chi connectivity index (χ1v) is 3.90. The van der Waals surface area contributed by atoms with E-state index in [1.54, 1.807) is 6.92 Å². The molecule has 12 heavy (non-hydrogen) atoms. The third-order valence-corrected chi connectivity index (χ3v) is 2.17. The van der Waals surface area contributed by atoms with Crippen LogP contribution in [0.25, 0.3) is 0 Å². The summed E-state index contributed by atoms with van der Waals surface area (Å²) in [6.45, 7) is 1.56. The molecule has 0 aliphatic heterocycles. The maximum atomic E-state index is 12.0. The molecule has 0 atom stereocenters. The molecular weight excluding hydrogens is 235 g/mol. The van der Waals surface area contributed by atoms with E-state index in [0.29, 0.717) is 10.2 Å². The molecule has 1 aromatic heterocycles. The van der Waals surface area contributed by atoms with Crippen molar-refractivity contribution < 1.29 is 13.2 Å². The van der Waals surface area contributed by atoms with Gasteiger partial charge < -0.3 is 0 Å². The maximum Gasteiger partial charge on any atom is 0.417 e. The second-order valence-corrected chi connectivity index (χ2v) is 3.08. The number of hydrogen-bond donors (Lipinski definition) is 0. The summed E-state index contributed by atoms with van der Waals surface area (Å²) in [5.41, 5.74) is -0.243. The van der Waals surface area contributed by atoms with E-state index in [1.165, 1.54) is 0 Å². The summed E-state index contributed by atoms with van der Waals surface area (Å²) in [6, 6.07) is 1.05. The van der Waals surface area contributed by atoms with Crippen LogP contribution in [0.5, 0.6) is 0 Å². The van der Waals surface area contributed by atoms with Gasteiger partial charge in [0.25, 0.3) is 0 Å². The minimum absolute atomic E-state index is 0.440. The molecule has 0 unspecified atom stereocenters. The van der Waals surface area contributed by atoms with Gasteiger partial charge in [0.2, 0.25) is 0 Å². The third kappa shape index (κ3) is 1.97. The lowest BCUT2D eigenvalue weighted by molar-refractivity contribution is -0.137. The number of aryl methyl sites for hydroxylation is 1. The number of aromatic nitrogens is 1. The second kappa shape index (κ2) is 3.05. The highest BCUT2D eigenvalue weighted by Gasteiger charge is 2.31. The smallest absolute Gasteiger partial charge is 0.248 e. The standard InChI is InChI=1S/C7H5BrF3N/c1-4-2-5(7(9,10)11)3-12-6(4)8/h2-3H,1H3. The Hall–Kier alpha value is -0.580. The van der Waals surface area contributed by atoms with E-state index >= 15 is 0 Å². The molecule has 0 aromatic carbocycles. The highest BCUT2D eigenvalue weighted by Crippen LogP contribution is 2.30. The van der Waals surface area contributed by atoms with E-state index in [-0.39, 0.29) is 0 Å². The van der Waals surface area contributed by atoms with Gasteiger partial charge in [-0.3, -0.25) is 0 Å². The molecule has 0 saturated heterocycles. The predicted molar refractivity (Wildman–Crippen MR) is 41.7 cm³/mol. The van der Waals surface area contributed by atoms with Crippen LogP contribution in [0.4, 0.5) is 13.2 Å². The van der Waals surface area contributed by atoms with Crippen molar-refractivity contribution in [3.63, 3.8) is 0 Å². The fourth-order valence-corrected chi connectivity index (χ4v) is 0.930. The summed E-state index contributed by atoms with van der Waals surface area (Å²) in [5.74, 6) is 0. The Balaban J connectivity index is 3.14. The Kier molecular flexibility index (Phi) is 2.41. The fraction of sp³-hybridized carbons (Fsp3) is 0.286. The second-order valence-electron chi connectivity index (χ2n) is 2.33. The highest BCUT2D eigenvalue weighted by atomic mass is 79.9. The van der Waals surface area contributed by atoms with Crippen molar-refractivity contribution in [3.05, 3.63) is 28.0 Å². The normalized spacial score (nSPS) is 11.8. The lowest BCUT2D eigenvalue weighted by atomic mass is 10.2. The molecule has 1 rings (SSSR count). The van der Waals surface area contributed by atoms with Gasteiger partial charge in [0.05, 0.1) is 5.56 Å². The van der Waals surface area contributed by atoms with Crippen molar-refractivity contribution in [1.29, 1.82) is 0 Å². The predicted octanol–water partition coefficient (Wildman–Crippen LogP) is 3.17. The Bertz CT molecular complexity index is 295. The lowest BCUT2D eigenvalue weighted by Gasteiger charge is -2.06. The average Bonchev–Trinajstić information content (AvgIpc) is 1.92. The van der Waals surface area contributed by atoms with Gasteiger partial charge in [-0.15, -0.1) is 0 Å². The lowest BCUT2D eigenvalue weighted by Crippen LogP contribution is -2.05. The van der Waals surface area contributed by atoms with Crippen LogP contribution in [-0.2, 0) is 6.18 Å². The molecule has 0 aliphatic carbocycles. The topological polar surface area (TPSA) is 12.9 Å². The van der Waals surface area contributed by atoms with Crippen molar-refractivity contribution in [3.8, 4) is 0 Å². The Morgan fingerprint density at radius 2 is 2.00 bits per heavy atom. The van der Waals surface area contributed by atoms with E-state index in [9.17, 15) is 13.2 Å². The summed E-state index contributed by atoms with van der Waals surface area (Å²) >= 11 is 3.02. The van der Waals surface area contributed by atoms with E-state index in [0.717, 1.165) is 12.3 Å². The van der Waals surface area contributed by atoms with Gasteiger partial charge in [-0.25, -0.2) is 4.98 Å². The first kappa shape index (κ1) is 9.51. The number of alkyl halides is 3. The first-order chi connectivity index (χ1) is 5.41. The van der Waals surface area contributed by atoms with Crippen LogP contribution in [-0.4, -0.2) is 4.98 Å². The van der Waals surface area contributed by atoms with Crippen LogP contribution in [0.1, 0.15) is 11.1 Å². The highest BCUT2D eigenvalue weighted by molar-refractivity contribution is 9.10. The molecule has 66 valence electrons. The third-order valence-electron chi connectivity index (χ3n) is 1.34. The van der Waals surface area contributed by atoms with Crippen molar-refractivity contribution >= 4 is 15.9 Å². The molecule has 0 fully saturated rings. The van der Waals surface area contributed by atoms with Crippen molar-refractivity contribution in [2.75, 3.05) is 0 Å².